The normalized spacial score (nSPS) is 14.6. The predicted octanol–water partition coefficient (Wildman–Crippen LogP) is 17.6. The van der Waals surface area contributed by atoms with Crippen LogP contribution in [0.4, 0.5) is 0 Å². The lowest BCUT2D eigenvalue weighted by molar-refractivity contribution is -0.870. The molecule has 0 aromatic carbocycles. The third-order valence-corrected chi connectivity index (χ3v) is 13.5. The van der Waals surface area contributed by atoms with Crippen LogP contribution in [-0.2, 0) is 18.4 Å². The molecule has 9 heteroatoms. The molecular weight excluding hydrogens is 888 g/mol. The molecule has 0 aliphatic rings. The average Bonchev–Trinajstić information content (AvgIpc) is 3.32. The van der Waals surface area contributed by atoms with E-state index in [1.807, 2.05) is 27.2 Å². The van der Waals surface area contributed by atoms with Crippen molar-refractivity contribution in [2.45, 2.75) is 257 Å². The van der Waals surface area contributed by atoms with E-state index in [9.17, 15) is 19.4 Å². The van der Waals surface area contributed by atoms with Crippen molar-refractivity contribution in [3.05, 3.63) is 85.1 Å². The van der Waals surface area contributed by atoms with E-state index in [-0.39, 0.29) is 19.1 Å². The molecular formula is C61H112N2O6P+. The van der Waals surface area contributed by atoms with Gasteiger partial charge in [0, 0.05) is 6.42 Å². The number of rotatable bonds is 52. The van der Waals surface area contributed by atoms with E-state index in [0.29, 0.717) is 17.4 Å². The van der Waals surface area contributed by atoms with Gasteiger partial charge in [0.15, 0.2) is 0 Å². The third-order valence-electron chi connectivity index (χ3n) is 12.6. The zero-order chi connectivity index (χ0) is 51.3. The van der Waals surface area contributed by atoms with Crippen LogP contribution in [0.1, 0.15) is 245 Å². The number of likely N-dealkylation sites (N-methyl/N-ethyl adjacent to an activating group) is 1. The molecule has 70 heavy (non-hydrogen) atoms. The number of phosphoric acid groups is 1. The topological polar surface area (TPSA) is 105 Å². The highest BCUT2D eigenvalue weighted by Gasteiger charge is 2.27. The minimum absolute atomic E-state index is 0.0521. The number of aliphatic hydroxyl groups excluding tert-OH is 1. The van der Waals surface area contributed by atoms with Gasteiger partial charge in [-0.05, 0) is 77.0 Å². The van der Waals surface area contributed by atoms with Crippen LogP contribution in [0.15, 0.2) is 85.1 Å². The lowest BCUT2D eigenvalue weighted by Crippen LogP contribution is -2.45. The van der Waals surface area contributed by atoms with Gasteiger partial charge in [0.25, 0.3) is 0 Å². The molecule has 0 saturated carbocycles. The van der Waals surface area contributed by atoms with Crippen molar-refractivity contribution in [2.75, 3.05) is 40.9 Å². The van der Waals surface area contributed by atoms with Gasteiger partial charge in [0.1, 0.15) is 13.2 Å². The molecule has 3 unspecified atom stereocenters. The number of nitrogens with one attached hydrogen (secondary N) is 1. The lowest BCUT2D eigenvalue weighted by Gasteiger charge is -2.25. The summed E-state index contributed by atoms with van der Waals surface area (Å²) in [6.07, 6.45) is 73.0. The van der Waals surface area contributed by atoms with Crippen molar-refractivity contribution in [2.24, 2.45) is 0 Å². The Balaban J connectivity index is 3.91. The van der Waals surface area contributed by atoms with E-state index >= 15 is 0 Å². The highest BCUT2D eigenvalue weighted by atomic mass is 31.2. The molecule has 1 amide bonds. The summed E-state index contributed by atoms with van der Waals surface area (Å²) in [4.78, 5) is 23.2. The lowest BCUT2D eigenvalue weighted by atomic mass is 10.0. The standard InChI is InChI=1S/C61H111N2O6P/c1-6-8-10-12-14-16-18-19-20-21-22-23-24-25-26-27-28-29-30-31-32-33-34-35-36-37-38-39-40-41-42-43-45-47-49-51-53-55-61(65)62-59(58-69-70(66,67)68-57-56-63(3,4)5)60(64)54-52-50-48-46-44-17-15-13-11-9-7-2/h8,10-11,13-14,16,19-20,22-23,44,46,52,54,59-60,64H,6-7,9,12,15,17-18,21,24-43,45,47-51,53,55-58H2,1-5H3,(H-,62,65,66,67)/p+1/b10-8-,13-11+,16-14-,20-19-,23-22-,46-44+,54-52+. The Morgan fingerprint density at radius 2 is 0.871 bits per heavy atom. The first kappa shape index (κ1) is 67.7. The van der Waals surface area contributed by atoms with Crippen LogP contribution in [0.2, 0.25) is 0 Å². The Labute approximate surface area is 433 Å². The Morgan fingerprint density at radius 3 is 1.30 bits per heavy atom. The van der Waals surface area contributed by atoms with Crippen LogP contribution >= 0.6 is 7.82 Å². The molecule has 406 valence electrons. The Kier molecular flexibility index (Phi) is 49.9. The molecule has 0 radical (unpaired) electrons. The van der Waals surface area contributed by atoms with Gasteiger partial charge in [0.05, 0.1) is 39.9 Å². The van der Waals surface area contributed by atoms with Gasteiger partial charge >= 0.3 is 7.82 Å². The highest BCUT2D eigenvalue weighted by Crippen LogP contribution is 2.43. The first-order valence-electron chi connectivity index (χ1n) is 29.0. The zero-order valence-electron chi connectivity index (χ0n) is 46.2. The summed E-state index contributed by atoms with van der Waals surface area (Å²) in [5.74, 6) is -0.192. The summed E-state index contributed by atoms with van der Waals surface area (Å²) in [6, 6.07) is -0.870. The average molecular weight is 1000 g/mol. The molecule has 3 atom stereocenters. The van der Waals surface area contributed by atoms with E-state index in [4.69, 9.17) is 9.05 Å². The quantitative estimate of drug-likeness (QED) is 0.0243. The monoisotopic (exact) mass is 1000 g/mol. The van der Waals surface area contributed by atoms with E-state index in [2.05, 4.69) is 92.1 Å². The van der Waals surface area contributed by atoms with E-state index in [1.165, 1.54) is 148 Å². The number of unbranched alkanes of at least 4 members (excludes halogenated alkanes) is 27. The van der Waals surface area contributed by atoms with Gasteiger partial charge in [0.2, 0.25) is 5.91 Å². The van der Waals surface area contributed by atoms with Crippen molar-refractivity contribution in [3.63, 3.8) is 0 Å². The van der Waals surface area contributed by atoms with Gasteiger partial charge in [-0.15, -0.1) is 0 Å². The molecule has 0 fully saturated rings. The van der Waals surface area contributed by atoms with Crippen molar-refractivity contribution in [1.29, 1.82) is 0 Å². The Hall–Kier alpha value is -2.32. The third kappa shape index (κ3) is 53.5. The number of amides is 1. The molecule has 0 aromatic rings. The molecule has 0 saturated heterocycles. The second-order valence-electron chi connectivity index (χ2n) is 20.6. The summed E-state index contributed by atoms with van der Waals surface area (Å²) in [5, 5.41) is 13.8. The van der Waals surface area contributed by atoms with E-state index in [1.54, 1.807) is 6.08 Å². The fourth-order valence-corrected chi connectivity index (χ4v) is 8.81. The number of carbonyl (C=O) groups is 1. The largest absolute Gasteiger partial charge is 0.472 e. The van der Waals surface area contributed by atoms with Gasteiger partial charge in [-0.25, -0.2) is 4.57 Å². The highest BCUT2D eigenvalue weighted by molar-refractivity contribution is 7.47. The van der Waals surface area contributed by atoms with Gasteiger partial charge < -0.3 is 19.8 Å². The van der Waals surface area contributed by atoms with E-state index in [0.717, 1.165) is 77.0 Å². The molecule has 0 bridgehead atoms. The maximum absolute atomic E-state index is 12.9. The zero-order valence-corrected chi connectivity index (χ0v) is 47.1. The van der Waals surface area contributed by atoms with Crippen molar-refractivity contribution in [3.8, 4) is 0 Å². The summed E-state index contributed by atoms with van der Waals surface area (Å²) in [6.45, 7) is 4.60. The molecule has 0 aliphatic carbocycles. The Bertz CT molecular complexity index is 1410. The second kappa shape index (κ2) is 51.6. The van der Waals surface area contributed by atoms with Crippen LogP contribution < -0.4 is 5.32 Å². The second-order valence-corrected chi connectivity index (χ2v) is 22.1. The number of carbonyl (C=O) groups excluding carboxylic acids is 1. The summed E-state index contributed by atoms with van der Waals surface area (Å²) >= 11 is 0. The summed E-state index contributed by atoms with van der Waals surface area (Å²) < 4.78 is 23.6. The number of aliphatic hydroxyl groups is 1. The number of quaternary nitrogens is 1. The summed E-state index contributed by atoms with van der Waals surface area (Å²) in [5.41, 5.74) is 0. The number of nitrogens with zero attached hydrogens (tertiary/aromatic N) is 1. The smallest absolute Gasteiger partial charge is 0.387 e. The van der Waals surface area contributed by atoms with Gasteiger partial charge in [-0.3, -0.25) is 13.8 Å². The molecule has 0 heterocycles. The number of hydrogen-bond acceptors (Lipinski definition) is 5. The number of hydrogen-bond donors (Lipinski definition) is 3. The van der Waals surface area contributed by atoms with Crippen LogP contribution in [-0.4, -0.2) is 73.4 Å². The Morgan fingerprint density at radius 1 is 0.500 bits per heavy atom. The molecule has 0 rings (SSSR count). The van der Waals surface area contributed by atoms with Crippen LogP contribution in [0.5, 0.6) is 0 Å². The van der Waals surface area contributed by atoms with Gasteiger partial charge in [-0.1, -0.05) is 247 Å². The minimum atomic E-state index is -4.35. The molecule has 3 N–H and O–H groups in total. The van der Waals surface area contributed by atoms with Crippen molar-refractivity contribution in [1.82, 2.24) is 5.32 Å². The molecule has 0 aliphatic heterocycles. The van der Waals surface area contributed by atoms with E-state index < -0.39 is 20.0 Å². The SMILES string of the molecule is CC/C=C\C/C=C\C/C=C\C/C=C\CCCCCCCCCCCCCCCCCCCCCCCCCCC(=O)NC(COP(=O)(O)OCC[N+](C)(C)C)C(O)/C=C/CC/C=C/CC/C=C/CCC. The number of phosphoric ester groups is 1. The van der Waals surface area contributed by atoms with Crippen molar-refractivity contribution < 1.29 is 32.9 Å². The molecule has 0 aromatic heterocycles. The maximum Gasteiger partial charge on any atom is 0.472 e. The fraction of sp³-hybridized carbons (Fsp3) is 0.754. The van der Waals surface area contributed by atoms with Crippen LogP contribution in [0.3, 0.4) is 0 Å². The van der Waals surface area contributed by atoms with Crippen molar-refractivity contribution >= 4 is 13.7 Å². The summed E-state index contributed by atoms with van der Waals surface area (Å²) in [7, 11) is 1.54. The van der Waals surface area contributed by atoms with Crippen LogP contribution in [0, 0.1) is 0 Å². The minimum Gasteiger partial charge on any atom is -0.387 e. The molecule has 8 nitrogen and oxygen atoms in total. The molecule has 0 spiro atoms. The fourth-order valence-electron chi connectivity index (χ4n) is 8.07. The first-order chi connectivity index (χ1) is 34.0. The first-order valence-corrected chi connectivity index (χ1v) is 30.5. The van der Waals surface area contributed by atoms with Crippen LogP contribution in [0.25, 0.3) is 0 Å². The van der Waals surface area contributed by atoms with Gasteiger partial charge in [-0.2, -0.15) is 0 Å². The maximum atomic E-state index is 12.9. The predicted molar refractivity (Wildman–Crippen MR) is 304 cm³/mol. The number of allylic oxidation sites excluding steroid dienone is 13.